The van der Waals surface area contributed by atoms with Crippen molar-refractivity contribution in [2.45, 2.75) is 6.61 Å². The van der Waals surface area contributed by atoms with Gasteiger partial charge in [-0.2, -0.15) is 0 Å². The third kappa shape index (κ3) is 2.42. The Morgan fingerprint density at radius 3 is 2.55 bits per heavy atom. The van der Waals surface area contributed by atoms with Crippen LogP contribution in [0.4, 0.5) is 11.6 Å². The number of nitrogens with zero attached hydrogens (tertiary/aromatic N) is 4. The molecule has 1 aromatic carbocycles. The van der Waals surface area contributed by atoms with Gasteiger partial charge in [-0.1, -0.05) is 6.07 Å². The van der Waals surface area contributed by atoms with E-state index in [1.54, 1.807) is 12.4 Å². The molecule has 0 spiro atoms. The van der Waals surface area contributed by atoms with Crippen LogP contribution < -0.4 is 15.3 Å². The molecule has 22 heavy (non-hydrogen) atoms. The van der Waals surface area contributed by atoms with Gasteiger partial charge in [0.15, 0.2) is 0 Å². The average molecular weight is 296 g/mol. The van der Waals surface area contributed by atoms with Crippen molar-refractivity contribution >= 4 is 24.2 Å². The first-order chi connectivity index (χ1) is 10.8. The average Bonchev–Trinajstić information content (AvgIpc) is 2.96. The van der Waals surface area contributed by atoms with Crippen LogP contribution in [0, 0.1) is 0 Å². The molecule has 0 saturated carbocycles. The number of hydrogen-bond donors (Lipinski definition) is 1. The highest BCUT2D eigenvalue weighted by Gasteiger charge is 2.28. The van der Waals surface area contributed by atoms with E-state index in [2.05, 4.69) is 25.8 Å². The maximum Gasteiger partial charge on any atom is 0.491 e. The zero-order chi connectivity index (χ0) is 14.9. The van der Waals surface area contributed by atoms with Crippen LogP contribution >= 0.6 is 0 Å². The molecule has 2 aliphatic heterocycles. The van der Waals surface area contributed by atoms with Gasteiger partial charge in [-0.3, -0.25) is 0 Å². The van der Waals surface area contributed by atoms with E-state index in [1.807, 2.05) is 18.2 Å². The minimum Gasteiger partial charge on any atom is -0.423 e. The number of hydrogen-bond acceptors (Lipinski definition) is 6. The fourth-order valence-electron chi connectivity index (χ4n) is 3.02. The predicted octanol–water partition coefficient (Wildman–Crippen LogP) is 0.0209. The molecule has 6 nitrogen and oxygen atoms in total. The maximum atomic E-state index is 9.83. The third-order valence-electron chi connectivity index (χ3n) is 4.27. The van der Waals surface area contributed by atoms with Crippen molar-refractivity contribution in [1.82, 2.24) is 9.97 Å². The van der Waals surface area contributed by atoms with Crippen molar-refractivity contribution in [2.75, 3.05) is 36.0 Å². The molecular formula is C15H17BN4O2. The molecule has 1 aromatic heterocycles. The molecule has 1 fully saturated rings. The number of aromatic nitrogens is 2. The molecule has 4 rings (SSSR count). The summed E-state index contributed by atoms with van der Waals surface area (Å²) in [5.41, 5.74) is 3.11. The van der Waals surface area contributed by atoms with E-state index in [1.165, 1.54) is 0 Å². The largest absolute Gasteiger partial charge is 0.491 e. The van der Waals surface area contributed by atoms with E-state index in [0.29, 0.717) is 6.61 Å². The molecule has 0 unspecified atom stereocenters. The van der Waals surface area contributed by atoms with Crippen LogP contribution in [-0.4, -0.2) is 48.3 Å². The van der Waals surface area contributed by atoms with Crippen LogP contribution in [0.3, 0.4) is 0 Å². The first-order valence-electron chi connectivity index (χ1n) is 7.51. The molecule has 3 heterocycles. The van der Waals surface area contributed by atoms with Crippen molar-refractivity contribution in [1.29, 1.82) is 0 Å². The fourth-order valence-corrected chi connectivity index (χ4v) is 3.02. The normalized spacial score (nSPS) is 17.8. The van der Waals surface area contributed by atoms with Crippen LogP contribution in [0.5, 0.6) is 0 Å². The Kier molecular flexibility index (Phi) is 3.44. The molecule has 7 heteroatoms. The lowest BCUT2D eigenvalue weighted by Gasteiger charge is -2.36. The van der Waals surface area contributed by atoms with Crippen molar-refractivity contribution < 1.29 is 9.68 Å². The molecule has 1 N–H and O–H groups in total. The topological polar surface area (TPSA) is 61.7 Å². The zero-order valence-corrected chi connectivity index (χ0v) is 12.2. The first-order valence-corrected chi connectivity index (χ1v) is 7.51. The Balaban J connectivity index is 1.47. The summed E-state index contributed by atoms with van der Waals surface area (Å²) in [7, 11) is -0.783. The van der Waals surface area contributed by atoms with E-state index in [4.69, 9.17) is 4.65 Å². The molecular weight excluding hydrogens is 279 g/mol. The quantitative estimate of drug-likeness (QED) is 0.789. The fraction of sp³-hybridized carbons (Fsp3) is 0.333. The lowest BCUT2D eigenvalue weighted by Crippen LogP contribution is -2.47. The number of benzene rings is 1. The highest BCUT2D eigenvalue weighted by atomic mass is 16.5. The zero-order valence-electron chi connectivity index (χ0n) is 12.2. The van der Waals surface area contributed by atoms with Gasteiger partial charge in [-0.15, -0.1) is 0 Å². The van der Waals surface area contributed by atoms with Gasteiger partial charge in [0.25, 0.3) is 0 Å². The van der Waals surface area contributed by atoms with E-state index in [-0.39, 0.29) is 0 Å². The third-order valence-corrected chi connectivity index (χ3v) is 4.27. The van der Waals surface area contributed by atoms with Crippen molar-refractivity contribution in [3.63, 3.8) is 0 Å². The molecule has 2 aromatic rings. The summed E-state index contributed by atoms with van der Waals surface area (Å²) in [4.78, 5) is 13.1. The van der Waals surface area contributed by atoms with Gasteiger partial charge in [0.2, 0.25) is 5.95 Å². The Morgan fingerprint density at radius 2 is 1.77 bits per heavy atom. The van der Waals surface area contributed by atoms with E-state index in [0.717, 1.165) is 48.8 Å². The van der Waals surface area contributed by atoms with Crippen LogP contribution in [-0.2, 0) is 11.3 Å². The van der Waals surface area contributed by atoms with Gasteiger partial charge in [0, 0.05) is 44.3 Å². The van der Waals surface area contributed by atoms with Crippen LogP contribution in [0.2, 0.25) is 0 Å². The number of anilines is 2. The first kappa shape index (κ1) is 13.5. The van der Waals surface area contributed by atoms with Gasteiger partial charge in [0.1, 0.15) is 0 Å². The van der Waals surface area contributed by atoms with Crippen molar-refractivity contribution in [2.24, 2.45) is 0 Å². The lowest BCUT2D eigenvalue weighted by molar-refractivity contribution is 0.275. The summed E-state index contributed by atoms with van der Waals surface area (Å²) >= 11 is 0. The van der Waals surface area contributed by atoms with E-state index < -0.39 is 7.12 Å². The predicted molar refractivity (Wildman–Crippen MR) is 85.3 cm³/mol. The summed E-state index contributed by atoms with van der Waals surface area (Å²) < 4.78 is 5.25. The second kappa shape index (κ2) is 5.59. The van der Waals surface area contributed by atoms with Crippen LogP contribution in [0.15, 0.2) is 36.7 Å². The standard InChI is InChI=1S/C15H17BN4O2/c21-16-14-10-13(3-2-12(14)11-22-16)19-6-8-20(9-7-19)15-17-4-1-5-18-15/h1-5,10,21H,6-9,11H2. The van der Waals surface area contributed by atoms with Crippen molar-refractivity contribution in [3.05, 3.63) is 42.2 Å². The monoisotopic (exact) mass is 296 g/mol. The second-order valence-electron chi connectivity index (χ2n) is 5.57. The van der Waals surface area contributed by atoms with Crippen LogP contribution in [0.25, 0.3) is 0 Å². The number of piperazine rings is 1. The molecule has 0 aliphatic carbocycles. The summed E-state index contributed by atoms with van der Waals surface area (Å²) in [6.07, 6.45) is 3.55. The van der Waals surface area contributed by atoms with Crippen molar-refractivity contribution in [3.8, 4) is 0 Å². The SMILES string of the molecule is OB1OCc2ccc(N3CCN(c4ncccn4)CC3)cc21. The van der Waals surface area contributed by atoms with Gasteiger partial charge in [0.05, 0.1) is 6.61 Å². The molecule has 1 saturated heterocycles. The summed E-state index contributed by atoms with van der Waals surface area (Å²) in [5, 5.41) is 9.83. The van der Waals surface area contributed by atoms with Gasteiger partial charge in [-0.05, 0) is 29.2 Å². The maximum absolute atomic E-state index is 9.83. The second-order valence-corrected chi connectivity index (χ2v) is 5.57. The molecule has 0 radical (unpaired) electrons. The summed E-state index contributed by atoms with van der Waals surface area (Å²) in [6, 6.07) is 8.03. The smallest absolute Gasteiger partial charge is 0.423 e. The molecule has 112 valence electrons. The minimum absolute atomic E-state index is 0.496. The van der Waals surface area contributed by atoms with Gasteiger partial charge >= 0.3 is 7.12 Å². The van der Waals surface area contributed by atoms with E-state index in [9.17, 15) is 5.02 Å². The van der Waals surface area contributed by atoms with Gasteiger partial charge in [-0.25, -0.2) is 9.97 Å². The Labute approximate surface area is 129 Å². The molecule has 0 atom stereocenters. The number of fused-ring (bicyclic) bond motifs is 1. The van der Waals surface area contributed by atoms with E-state index >= 15 is 0 Å². The Hall–Kier alpha value is -2.12. The lowest BCUT2D eigenvalue weighted by atomic mass is 9.79. The Bertz CT molecular complexity index is 662. The molecule has 2 aliphatic rings. The summed E-state index contributed by atoms with van der Waals surface area (Å²) in [5.74, 6) is 0.792. The summed E-state index contributed by atoms with van der Waals surface area (Å²) in [6.45, 7) is 4.10. The molecule has 0 amide bonds. The highest BCUT2D eigenvalue weighted by Crippen LogP contribution is 2.20. The number of rotatable bonds is 2. The molecule has 0 bridgehead atoms. The van der Waals surface area contributed by atoms with Gasteiger partial charge < -0.3 is 19.5 Å². The highest BCUT2D eigenvalue weighted by molar-refractivity contribution is 6.61. The van der Waals surface area contributed by atoms with Crippen LogP contribution in [0.1, 0.15) is 5.56 Å². The minimum atomic E-state index is -0.783. The Morgan fingerprint density at radius 1 is 1.05 bits per heavy atom.